The van der Waals surface area contributed by atoms with Crippen LogP contribution in [0.5, 0.6) is 0 Å². The number of aryl methyl sites for hydroxylation is 1. The fourth-order valence-corrected chi connectivity index (χ4v) is 3.91. The summed E-state index contributed by atoms with van der Waals surface area (Å²) >= 11 is 1.39. The normalized spacial score (nSPS) is 20.8. The van der Waals surface area contributed by atoms with Gasteiger partial charge in [-0.2, -0.15) is 0 Å². The Bertz CT molecular complexity index is 575. The van der Waals surface area contributed by atoms with Gasteiger partial charge in [-0.25, -0.2) is 0 Å². The predicted molar refractivity (Wildman–Crippen MR) is 93.5 cm³/mol. The third kappa shape index (κ3) is 5.22. The number of primary amides is 1. The van der Waals surface area contributed by atoms with E-state index in [1.54, 1.807) is 0 Å². The number of rotatable bonds is 8. The maximum Gasteiger partial charge on any atom is 0.230 e. The van der Waals surface area contributed by atoms with Gasteiger partial charge in [-0.05, 0) is 25.7 Å². The Balaban J connectivity index is 1.86. The molecule has 0 aromatic carbocycles. The molecule has 7 nitrogen and oxygen atoms in total. The summed E-state index contributed by atoms with van der Waals surface area (Å²) in [6, 6.07) is 0.294. The lowest BCUT2D eigenvalue weighted by molar-refractivity contribution is -0.120. The minimum Gasteiger partial charge on any atom is -0.370 e. The molecule has 2 atom stereocenters. The number of hydrogen-bond donors (Lipinski definition) is 2. The quantitative estimate of drug-likeness (QED) is 0.690. The first kappa shape index (κ1) is 18.8. The van der Waals surface area contributed by atoms with Gasteiger partial charge < -0.3 is 15.6 Å². The van der Waals surface area contributed by atoms with Crippen molar-refractivity contribution >= 4 is 23.6 Å². The lowest BCUT2D eigenvalue weighted by Crippen LogP contribution is -2.41. The number of amides is 2. The highest BCUT2D eigenvalue weighted by Gasteiger charge is 2.23. The highest BCUT2D eigenvalue weighted by atomic mass is 32.2. The smallest absolute Gasteiger partial charge is 0.230 e. The fourth-order valence-electron chi connectivity index (χ4n) is 3.07. The van der Waals surface area contributed by atoms with Crippen LogP contribution in [0.3, 0.4) is 0 Å². The average Bonchev–Trinajstić information content (AvgIpc) is 2.95. The molecule has 0 unspecified atom stereocenters. The molecule has 134 valence electrons. The second-order valence-corrected chi connectivity index (χ2v) is 7.28. The lowest BCUT2D eigenvalue weighted by atomic mass is 9.86. The first-order valence-electron chi connectivity index (χ1n) is 8.63. The summed E-state index contributed by atoms with van der Waals surface area (Å²) in [4.78, 5) is 23.1. The maximum atomic E-state index is 12.2. The van der Waals surface area contributed by atoms with Gasteiger partial charge in [0.15, 0.2) is 5.16 Å². The number of carbonyl (C=O) groups excluding carboxylic acids is 2. The maximum absolute atomic E-state index is 12.2. The van der Waals surface area contributed by atoms with Gasteiger partial charge in [0.1, 0.15) is 5.82 Å². The van der Waals surface area contributed by atoms with Crippen LogP contribution in [0.2, 0.25) is 0 Å². The van der Waals surface area contributed by atoms with Gasteiger partial charge in [0.2, 0.25) is 11.8 Å². The number of aromatic nitrogens is 3. The van der Waals surface area contributed by atoms with Crippen molar-refractivity contribution in [1.29, 1.82) is 0 Å². The van der Waals surface area contributed by atoms with E-state index in [9.17, 15) is 9.59 Å². The van der Waals surface area contributed by atoms with E-state index in [0.29, 0.717) is 35.8 Å². The van der Waals surface area contributed by atoms with Gasteiger partial charge >= 0.3 is 0 Å². The molecule has 2 rings (SSSR count). The molecule has 1 saturated carbocycles. The van der Waals surface area contributed by atoms with Gasteiger partial charge in [0.25, 0.3) is 0 Å². The van der Waals surface area contributed by atoms with Gasteiger partial charge in [-0.3, -0.25) is 9.59 Å². The Morgan fingerprint density at radius 3 is 2.75 bits per heavy atom. The molecule has 24 heavy (non-hydrogen) atoms. The van der Waals surface area contributed by atoms with Crippen LogP contribution in [0.15, 0.2) is 5.16 Å². The minimum atomic E-state index is -0.351. The Morgan fingerprint density at radius 2 is 2.08 bits per heavy atom. The molecule has 3 N–H and O–H groups in total. The zero-order chi connectivity index (χ0) is 17.5. The van der Waals surface area contributed by atoms with E-state index in [0.717, 1.165) is 12.2 Å². The summed E-state index contributed by atoms with van der Waals surface area (Å²) in [6.07, 6.45) is 5.43. The Morgan fingerprint density at radius 1 is 1.33 bits per heavy atom. The van der Waals surface area contributed by atoms with E-state index in [1.165, 1.54) is 31.0 Å². The van der Waals surface area contributed by atoms with E-state index in [4.69, 9.17) is 5.73 Å². The van der Waals surface area contributed by atoms with Crippen LogP contribution >= 0.6 is 11.8 Å². The van der Waals surface area contributed by atoms with Crippen molar-refractivity contribution in [3.63, 3.8) is 0 Å². The molecule has 8 heteroatoms. The summed E-state index contributed by atoms with van der Waals surface area (Å²) < 4.78 is 1.93. The van der Waals surface area contributed by atoms with Crippen molar-refractivity contribution in [2.75, 3.05) is 5.75 Å². The van der Waals surface area contributed by atoms with Crippen LogP contribution < -0.4 is 11.1 Å². The molecule has 1 aromatic heterocycles. The molecule has 0 radical (unpaired) electrons. The van der Waals surface area contributed by atoms with E-state index >= 15 is 0 Å². The Labute approximate surface area is 147 Å². The molecule has 1 aliphatic carbocycles. The molecular formula is C16H27N5O2S. The number of nitrogens with zero attached hydrogens (tertiary/aromatic N) is 3. The second-order valence-electron chi connectivity index (χ2n) is 6.33. The minimum absolute atomic E-state index is 0.0445. The van der Waals surface area contributed by atoms with Crippen molar-refractivity contribution in [2.45, 2.75) is 70.1 Å². The molecule has 2 amide bonds. The van der Waals surface area contributed by atoms with Crippen molar-refractivity contribution in [3.8, 4) is 0 Å². The summed E-state index contributed by atoms with van der Waals surface area (Å²) in [6.45, 7) is 4.89. The highest BCUT2D eigenvalue weighted by Crippen LogP contribution is 2.24. The van der Waals surface area contributed by atoms with Crippen molar-refractivity contribution in [1.82, 2.24) is 20.1 Å². The third-order valence-corrected chi connectivity index (χ3v) is 5.46. The van der Waals surface area contributed by atoms with Crippen molar-refractivity contribution in [3.05, 3.63) is 5.82 Å². The topological polar surface area (TPSA) is 103 Å². The van der Waals surface area contributed by atoms with Gasteiger partial charge in [0, 0.05) is 25.4 Å². The number of carbonyl (C=O) groups is 2. The molecule has 1 aromatic rings. The zero-order valence-corrected chi connectivity index (χ0v) is 15.3. The number of hydrogen-bond acceptors (Lipinski definition) is 5. The van der Waals surface area contributed by atoms with E-state index in [2.05, 4.69) is 22.4 Å². The Hall–Kier alpha value is -1.57. The predicted octanol–water partition coefficient (Wildman–Crippen LogP) is 1.50. The van der Waals surface area contributed by atoms with Crippen LogP contribution in [-0.2, 0) is 22.6 Å². The SMILES string of the molecule is CCn1c(CCC(N)=O)nnc1SCC(=O)N[C@@H]1CCCC[C@@H]1C. The second kappa shape index (κ2) is 9.05. The zero-order valence-electron chi connectivity index (χ0n) is 14.5. The molecule has 1 aliphatic rings. The monoisotopic (exact) mass is 353 g/mol. The largest absolute Gasteiger partial charge is 0.370 e. The molecule has 1 fully saturated rings. The summed E-state index contributed by atoms with van der Waals surface area (Å²) in [5, 5.41) is 12.1. The number of nitrogens with two attached hydrogens (primary N) is 1. The summed E-state index contributed by atoms with van der Waals surface area (Å²) in [5.74, 6) is 1.31. The van der Waals surface area contributed by atoms with Crippen LogP contribution in [0.25, 0.3) is 0 Å². The van der Waals surface area contributed by atoms with Crippen LogP contribution in [0, 0.1) is 5.92 Å². The molecule has 0 aliphatic heterocycles. The number of thioether (sulfide) groups is 1. The molecular weight excluding hydrogens is 326 g/mol. The first-order valence-corrected chi connectivity index (χ1v) is 9.62. The first-order chi connectivity index (χ1) is 11.5. The van der Waals surface area contributed by atoms with Crippen LogP contribution in [-0.4, -0.2) is 38.4 Å². The van der Waals surface area contributed by atoms with Crippen molar-refractivity contribution < 1.29 is 9.59 Å². The van der Waals surface area contributed by atoms with Crippen LogP contribution in [0.1, 0.15) is 51.8 Å². The fraction of sp³-hybridized carbons (Fsp3) is 0.750. The molecule has 0 bridgehead atoms. The molecule has 1 heterocycles. The average molecular weight is 353 g/mol. The van der Waals surface area contributed by atoms with Crippen LogP contribution in [0.4, 0.5) is 0 Å². The van der Waals surface area contributed by atoms with Crippen molar-refractivity contribution in [2.24, 2.45) is 11.7 Å². The van der Waals surface area contributed by atoms with E-state index < -0.39 is 0 Å². The van der Waals surface area contributed by atoms with Gasteiger partial charge in [-0.15, -0.1) is 10.2 Å². The van der Waals surface area contributed by atoms with Gasteiger partial charge in [-0.1, -0.05) is 31.5 Å². The standard InChI is InChI=1S/C16H27N5O2S/c1-3-21-14(9-8-13(17)22)19-20-16(21)24-10-15(23)18-12-7-5-4-6-11(12)2/h11-12H,3-10H2,1-2H3,(H2,17,22)(H,18,23)/t11-,12+/m0/s1. The lowest BCUT2D eigenvalue weighted by Gasteiger charge is -2.29. The highest BCUT2D eigenvalue weighted by molar-refractivity contribution is 7.99. The summed E-state index contributed by atoms with van der Waals surface area (Å²) in [5.41, 5.74) is 5.18. The van der Waals surface area contributed by atoms with Gasteiger partial charge in [0.05, 0.1) is 5.75 Å². The van der Waals surface area contributed by atoms with E-state index in [-0.39, 0.29) is 18.2 Å². The molecule has 0 spiro atoms. The summed E-state index contributed by atoms with van der Waals surface area (Å²) in [7, 11) is 0. The third-order valence-electron chi connectivity index (χ3n) is 4.49. The molecule has 0 saturated heterocycles. The Kier molecular flexibility index (Phi) is 7.08. The number of nitrogens with one attached hydrogen (secondary N) is 1. The van der Waals surface area contributed by atoms with E-state index in [1.807, 2.05) is 11.5 Å².